The molecule has 1 aromatic heterocycles. The highest BCUT2D eigenvalue weighted by Crippen LogP contribution is 2.21. The van der Waals surface area contributed by atoms with Crippen LogP contribution < -0.4 is 15.8 Å². The molecule has 6 heteroatoms. The van der Waals surface area contributed by atoms with Gasteiger partial charge in [0.25, 0.3) is 0 Å². The number of nitrogens with two attached hydrogens (primary N) is 1. The number of hydrogen-bond acceptors (Lipinski definition) is 6. The van der Waals surface area contributed by atoms with Gasteiger partial charge in [-0.05, 0) is 48.5 Å². The van der Waals surface area contributed by atoms with Crippen molar-refractivity contribution in [1.29, 1.82) is 0 Å². The molecular weight excluding hydrogens is 316 g/mol. The maximum Gasteiger partial charge on any atom is 0.222 e. The molecule has 0 saturated carbocycles. The monoisotopic (exact) mass is 332 g/mol. The van der Waals surface area contributed by atoms with Gasteiger partial charge in [-0.25, -0.2) is 4.98 Å². The molecule has 0 saturated heterocycles. The third-order valence-electron chi connectivity index (χ3n) is 3.37. The summed E-state index contributed by atoms with van der Waals surface area (Å²) in [6, 6.07) is 14.1. The maximum absolute atomic E-state index is 9.36. The molecule has 0 aliphatic heterocycles. The molecule has 2 aromatic carbocycles. The zero-order valence-corrected chi connectivity index (χ0v) is 13.5. The van der Waals surface area contributed by atoms with E-state index >= 15 is 0 Å². The molecule has 3 aromatic rings. The molecule has 0 unspecified atom stereocenters. The smallest absolute Gasteiger partial charge is 0.222 e. The van der Waals surface area contributed by atoms with Crippen molar-refractivity contribution in [2.24, 2.45) is 0 Å². The first kappa shape index (κ1) is 16.1. The van der Waals surface area contributed by atoms with Crippen LogP contribution in [0.5, 0.6) is 11.5 Å². The molecule has 0 atom stereocenters. The van der Waals surface area contributed by atoms with Crippen molar-refractivity contribution in [3.05, 3.63) is 65.9 Å². The first-order valence-electron chi connectivity index (χ1n) is 7.49. The highest BCUT2D eigenvalue weighted by Gasteiger charge is 2.05. The minimum Gasteiger partial charge on any atom is -0.508 e. The van der Waals surface area contributed by atoms with Gasteiger partial charge in [0, 0.05) is 11.3 Å². The third kappa shape index (κ3) is 4.18. The summed E-state index contributed by atoms with van der Waals surface area (Å²) in [4.78, 5) is 8.20. The van der Waals surface area contributed by atoms with Crippen molar-refractivity contribution < 1.29 is 9.84 Å². The van der Waals surface area contributed by atoms with Gasteiger partial charge in [-0.3, -0.25) is 0 Å². The SMILES string of the molecule is COc1ccc(C#Cc2cnc(N)nc2Nc2ccc(O)cc2)cc1. The van der Waals surface area contributed by atoms with E-state index in [0.717, 1.165) is 17.0 Å². The predicted octanol–water partition coefficient (Wildman–Crippen LogP) is 2.92. The van der Waals surface area contributed by atoms with E-state index in [1.807, 2.05) is 24.3 Å². The van der Waals surface area contributed by atoms with Crippen LogP contribution in [-0.2, 0) is 0 Å². The van der Waals surface area contributed by atoms with Crippen LogP contribution in [0.3, 0.4) is 0 Å². The van der Waals surface area contributed by atoms with E-state index < -0.39 is 0 Å². The van der Waals surface area contributed by atoms with E-state index in [2.05, 4.69) is 27.1 Å². The van der Waals surface area contributed by atoms with Crippen molar-refractivity contribution in [2.45, 2.75) is 0 Å². The van der Waals surface area contributed by atoms with Crippen LogP contribution in [0, 0.1) is 11.8 Å². The van der Waals surface area contributed by atoms with Gasteiger partial charge in [-0.15, -0.1) is 0 Å². The quantitative estimate of drug-likeness (QED) is 0.504. The van der Waals surface area contributed by atoms with Crippen LogP contribution in [0.2, 0.25) is 0 Å². The summed E-state index contributed by atoms with van der Waals surface area (Å²) >= 11 is 0. The van der Waals surface area contributed by atoms with Crippen LogP contribution in [0.4, 0.5) is 17.5 Å². The summed E-state index contributed by atoms with van der Waals surface area (Å²) in [7, 11) is 1.62. The van der Waals surface area contributed by atoms with Gasteiger partial charge in [0.1, 0.15) is 11.5 Å². The Balaban J connectivity index is 1.88. The minimum absolute atomic E-state index is 0.149. The van der Waals surface area contributed by atoms with E-state index in [1.54, 1.807) is 37.6 Å². The normalized spacial score (nSPS) is 9.80. The molecule has 0 fully saturated rings. The van der Waals surface area contributed by atoms with Crippen molar-refractivity contribution in [3.8, 4) is 23.3 Å². The highest BCUT2D eigenvalue weighted by atomic mass is 16.5. The van der Waals surface area contributed by atoms with Crippen LogP contribution in [0.1, 0.15) is 11.1 Å². The number of nitrogens with zero attached hydrogens (tertiary/aromatic N) is 2. The fraction of sp³-hybridized carbons (Fsp3) is 0.0526. The second kappa shape index (κ2) is 7.23. The number of hydrogen-bond donors (Lipinski definition) is 3. The Kier molecular flexibility index (Phi) is 4.67. The number of nitrogens with one attached hydrogen (secondary N) is 1. The number of aromatic hydroxyl groups is 1. The summed E-state index contributed by atoms with van der Waals surface area (Å²) in [5.74, 6) is 7.71. The molecule has 1 heterocycles. The van der Waals surface area contributed by atoms with Crippen molar-refractivity contribution in [2.75, 3.05) is 18.2 Å². The Morgan fingerprint density at radius 3 is 2.44 bits per heavy atom. The number of methoxy groups -OCH3 is 1. The van der Waals surface area contributed by atoms with Crippen molar-refractivity contribution in [3.63, 3.8) is 0 Å². The number of anilines is 3. The minimum atomic E-state index is 0.149. The number of phenolic OH excluding ortho intramolecular Hbond substituents is 1. The Morgan fingerprint density at radius 1 is 1.04 bits per heavy atom. The molecule has 0 aliphatic carbocycles. The number of aromatic nitrogens is 2. The first-order valence-corrected chi connectivity index (χ1v) is 7.49. The summed E-state index contributed by atoms with van der Waals surface area (Å²) in [5.41, 5.74) is 7.88. The number of rotatable bonds is 3. The highest BCUT2D eigenvalue weighted by molar-refractivity contribution is 5.65. The van der Waals surface area contributed by atoms with Gasteiger partial charge < -0.3 is 20.9 Å². The van der Waals surface area contributed by atoms with E-state index in [4.69, 9.17) is 10.5 Å². The van der Waals surface area contributed by atoms with Crippen molar-refractivity contribution in [1.82, 2.24) is 9.97 Å². The molecular formula is C19H16N4O2. The molecule has 3 rings (SSSR count). The van der Waals surface area contributed by atoms with E-state index in [-0.39, 0.29) is 11.7 Å². The lowest BCUT2D eigenvalue weighted by Crippen LogP contribution is -2.02. The molecule has 0 aliphatic rings. The zero-order valence-electron chi connectivity index (χ0n) is 13.5. The Morgan fingerprint density at radius 2 is 1.76 bits per heavy atom. The average Bonchev–Trinajstić information content (AvgIpc) is 2.63. The van der Waals surface area contributed by atoms with Crippen LogP contribution >= 0.6 is 0 Å². The molecule has 6 nitrogen and oxygen atoms in total. The number of ether oxygens (including phenoxy) is 1. The number of benzene rings is 2. The first-order chi connectivity index (χ1) is 12.1. The third-order valence-corrected chi connectivity index (χ3v) is 3.37. The second-order valence-electron chi connectivity index (χ2n) is 5.14. The van der Waals surface area contributed by atoms with Gasteiger partial charge in [-0.2, -0.15) is 4.98 Å². The van der Waals surface area contributed by atoms with E-state index in [0.29, 0.717) is 11.4 Å². The lowest BCUT2D eigenvalue weighted by Gasteiger charge is -2.08. The van der Waals surface area contributed by atoms with E-state index in [1.165, 1.54) is 0 Å². The molecule has 0 radical (unpaired) electrons. The summed E-state index contributed by atoms with van der Waals surface area (Å²) in [6.45, 7) is 0. The average molecular weight is 332 g/mol. The fourth-order valence-electron chi connectivity index (χ4n) is 2.08. The lowest BCUT2D eigenvalue weighted by atomic mass is 10.2. The van der Waals surface area contributed by atoms with Crippen molar-refractivity contribution >= 4 is 17.5 Å². The van der Waals surface area contributed by atoms with Crippen LogP contribution in [-0.4, -0.2) is 22.2 Å². The fourth-order valence-corrected chi connectivity index (χ4v) is 2.08. The Bertz CT molecular complexity index is 926. The summed E-state index contributed by atoms with van der Waals surface area (Å²) in [6.07, 6.45) is 1.57. The van der Waals surface area contributed by atoms with E-state index in [9.17, 15) is 5.11 Å². The van der Waals surface area contributed by atoms with Gasteiger partial charge in [-0.1, -0.05) is 11.8 Å². The van der Waals surface area contributed by atoms with Crippen LogP contribution in [0.25, 0.3) is 0 Å². The molecule has 124 valence electrons. The summed E-state index contributed by atoms with van der Waals surface area (Å²) in [5, 5.41) is 12.5. The lowest BCUT2D eigenvalue weighted by molar-refractivity contribution is 0.415. The Hall–Kier alpha value is -3.72. The summed E-state index contributed by atoms with van der Waals surface area (Å²) < 4.78 is 5.13. The van der Waals surface area contributed by atoms with Crippen LogP contribution in [0.15, 0.2) is 54.7 Å². The van der Waals surface area contributed by atoms with Gasteiger partial charge in [0.05, 0.1) is 18.9 Å². The standard InChI is InChI=1S/C19H16N4O2/c1-25-17-10-3-13(4-11-17)2-5-14-12-21-19(20)23-18(14)22-15-6-8-16(24)9-7-15/h3-4,6-12,24H,1H3,(H3,20,21,22,23). The largest absolute Gasteiger partial charge is 0.508 e. The second-order valence-corrected chi connectivity index (χ2v) is 5.14. The molecule has 0 bridgehead atoms. The number of nitrogen functional groups attached to an aromatic ring is 1. The molecule has 0 amide bonds. The number of phenols is 1. The van der Waals surface area contributed by atoms with Gasteiger partial charge in [0.2, 0.25) is 5.95 Å². The van der Waals surface area contributed by atoms with Gasteiger partial charge >= 0.3 is 0 Å². The predicted molar refractivity (Wildman–Crippen MR) is 96.8 cm³/mol. The zero-order chi connectivity index (χ0) is 17.6. The topological polar surface area (TPSA) is 93.3 Å². The molecule has 25 heavy (non-hydrogen) atoms. The Labute approximate surface area is 145 Å². The van der Waals surface area contributed by atoms with Gasteiger partial charge in [0.15, 0.2) is 5.82 Å². The molecule has 4 N–H and O–H groups in total. The maximum atomic E-state index is 9.36. The molecule has 0 spiro atoms.